The SMILES string of the molecule is CNS(=O)(=O)NC1CCN(S(=O)c2cn(C)c(C(=O)Nc3cc(F)c(F)c(F)c3)c2F)CC1. The van der Waals surface area contributed by atoms with Gasteiger partial charge in [0, 0.05) is 57.2 Å². The third-order valence-corrected chi connectivity index (χ3v) is 7.69. The fraction of sp³-hybridized carbons (Fsp3) is 0.389. The van der Waals surface area contributed by atoms with Gasteiger partial charge in [-0.3, -0.25) is 4.79 Å². The number of rotatable bonds is 7. The Morgan fingerprint density at radius 1 is 1.09 bits per heavy atom. The van der Waals surface area contributed by atoms with E-state index >= 15 is 4.39 Å². The Hall–Kier alpha value is -2.33. The minimum atomic E-state index is -3.63. The fourth-order valence-electron chi connectivity index (χ4n) is 3.33. The van der Waals surface area contributed by atoms with Gasteiger partial charge in [0.15, 0.2) is 23.3 Å². The van der Waals surface area contributed by atoms with Crippen molar-refractivity contribution in [1.29, 1.82) is 0 Å². The van der Waals surface area contributed by atoms with Crippen LogP contribution in [0.25, 0.3) is 0 Å². The van der Waals surface area contributed by atoms with Gasteiger partial charge in [-0.1, -0.05) is 0 Å². The maximum Gasteiger partial charge on any atom is 0.276 e. The van der Waals surface area contributed by atoms with Gasteiger partial charge in [0.25, 0.3) is 16.1 Å². The standard InChI is InChI=1S/C18H21F4N5O4S2/c1-23-33(30,31)25-10-3-5-27(6-4-10)32(29)14-9-26(2)17(16(14)22)18(28)24-11-7-12(19)15(21)13(20)8-11/h7-10,23,25H,3-6H2,1-2H3,(H,24,28). The number of piperidine rings is 1. The molecule has 1 amide bonds. The van der Waals surface area contributed by atoms with Gasteiger partial charge in [0.2, 0.25) is 0 Å². The number of halogens is 4. The van der Waals surface area contributed by atoms with Crippen LogP contribution in [0.1, 0.15) is 23.3 Å². The molecule has 33 heavy (non-hydrogen) atoms. The summed E-state index contributed by atoms with van der Waals surface area (Å²) in [7, 11) is -3.03. The summed E-state index contributed by atoms with van der Waals surface area (Å²) >= 11 is 0. The summed E-state index contributed by atoms with van der Waals surface area (Å²) in [5.74, 6) is -6.93. The maximum atomic E-state index is 15.0. The Balaban J connectivity index is 1.72. The lowest BCUT2D eigenvalue weighted by Gasteiger charge is -2.30. The van der Waals surface area contributed by atoms with Gasteiger partial charge in [-0.05, 0) is 12.8 Å². The number of aryl methyl sites for hydroxylation is 1. The van der Waals surface area contributed by atoms with Crippen molar-refractivity contribution in [3.05, 3.63) is 47.3 Å². The summed E-state index contributed by atoms with van der Waals surface area (Å²) in [5, 5.41) is 2.08. The fourth-order valence-corrected chi connectivity index (χ4v) is 5.44. The first-order chi connectivity index (χ1) is 15.4. The molecule has 2 heterocycles. The zero-order valence-corrected chi connectivity index (χ0v) is 19.1. The lowest BCUT2D eigenvalue weighted by Crippen LogP contribution is -2.47. The van der Waals surface area contributed by atoms with Crippen LogP contribution in [0, 0.1) is 23.3 Å². The van der Waals surface area contributed by atoms with E-state index in [1.54, 1.807) is 0 Å². The highest BCUT2D eigenvalue weighted by atomic mass is 32.2. The van der Waals surface area contributed by atoms with Crippen LogP contribution in [-0.2, 0) is 28.2 Å². The van der Waals surface area contributed by atoms with Crippen molar-refractivity contribution in [3.8, 4) is 0 Å². The van der Waals surface area contributed by atoms with Crippen molar-refractivity contribution in [2.24, 2.45) is 7.05 Å². The molecule has 1 aromatic carbocycles. The highest BCUT2D eigenvalue weighted by Crippen LogP contribution is 2.25. The Kier molecular flexibility index (Phi) is 7.58. The molecule has 0 radical (unpaired) electrons. The van der Waals surface area contributed by atoms with Gasteiger partial charge in [-0.2, -0.15) is 13.1 Å². The van der Waals surface area contributed by atoms with Crippen LogP contribution in [0.2, 0.25) is 0 Å². The van der Waals surface area contributed by atoms with Crippen molar-refractivity contribution in [2.45, 2.75) is 23.8 Å². The molecule has 1 unspecified atom stereocenters. The highest BCUT2D eigenvalue weighted by Gasteiger charge is 2.30. The topological polar surface area (TPSA) is 113 Å². The van der Waals surface area contributed by atoms with Gasteiger partial charge >= 0.3 is 0 Å². The summed E-state index contributed by atoms with van der Waals surface area (Å²) in [6.45, 7) is 0.404. The van der Waals surface area contributed by atoms with E-state index in [-0.39, 0.29) is 24.0 Å². The van der Waals surface area contributed by atoms with Crippen molar-refractivity contribution in [3.63, 3.8) is 0 Å². The average molecular weight is 512 g/mol. The molecule has 1 saturated heterocycles. The highest BCUT2D eigenvalue weighted by molar-refractivity contribution is 7.87. The zero-order chi connectivity index (χ0) is 24.5. The molecule has 15 heteroatoms. The minimum Gasteiger partial charge on any atom is -0.343 e. The number of aromatic nitrogens is 1. The Morgan fingerprint density at radius 2 is 1.67 bits per heavy atom. The predicted molar refractivity (Wildman–Crippen MR) is 112 cm³/mol. The monoisotopic (exact) mass is 511 g/mol. The predicted octanol–water partition coefficient (Wildman–Crippen LogP) is 1.37. The quantitative estimate of drug-likeness (QED) is 0.385. The first-order valence-corrected chi connectivity index (χ1v) is 12.2. The molecule has 0 bridgehead atoms. The number of hydrogen-bond acceptors (Lipinski definition) is 4. The largest absolute Gasteiger partial charge is 0.343 e. The molecule has 3 N–H and O–H groups in total. The van der Waals surface area contributed by atoms with Crippen LogP contribution in [-0.4, -0.2) is 53.6 Å². The van der Waals surface area contributed by atoms with Crippen LogP contribution >= 0.6 is 0 Å². The average Bonchev–Trinajstić information content (AvgIpc) is 3.05. The van der Waals surface area contributed by atoms with E-state index in [1.165, 1.54) is 18.4 Å². The van der Waals surface area contributed by atoms with Crippen LogP contribution in [0.15, 0.2) is 23.2 Å². The van der Waals surface area contributed by atoms with Gasteiger partial charge in [0.1, 0.15) is 21.6 Å². The molecule has 2 aromatic rings. The lowest BCUT2D eigenvalue weighted by molar-refractivity contribution is 0.101. The van der Waals surface area contributed by atoms with Gasteiger partial charge in [-0.25, -0.2) is 30.8 Å². The summed E-state index contributed by atoms with van der Waals surface area (Å²) in [6.07, 6.45) is 1.81. The van der Waals surface area contributed by atoms with E-state index in [0.717, 1.165) is 10.8 Å². The molecule has 3 rings (SSSR count). The summed E-state index contributed by atoms with van der Waals surface area (Å²) in [5.41, 5.74) is -0.967. The maximum absolute atomic E-state index is 15.0. The van der Waals surface area contributed by atoms with Gasteiger partial charge in [0.05, 0.1) is 0 Å². The first kappa shape index (κ1) is 25.3. The summed E-state index contributed by atoms with van der Waals surface area (Å²) in [4.78, 5) is 12.2. The molecule has 1 aliphatic rings. The third kappa shape index (κ3) is 5.60. The van der Waals surface area contributed by atoms with Crippen LogP contribution in [0.3, 0.4) is 0 Å². The number of benzene rings is 1. The Bertz CT molecular complexity index is 1170. The molecular formula is C18H21F4N5O4S2. The number of nitrogens with one attached hydrogen (secondary N) is 3. The minimum absolute atomic E-state index is 0.202. The Labute approximate surface area is 189 Å². The number of hydrogen-bond donors (Lipinski definition) is 3. The second-order valence-electron chi connectivity index (χ2n) is 7.25. The second-order valence-corrected chi connectivity index (χ2v) is 10.4. The molecule has 0 saturated carbocycles. The van der Waals surface area contributed by atoms with Crippen LogP contribution in [0.5, 0.6) is 0 Å². The number of carbonyl (C=O) groups excluding carboxylic acids is 1. The van der Waals surface area contributed by atoms with Crippen LogP contribution < -0.4 is 14.8 Å². The Morgan fingerprint density at radius 3 is 2.21 bits per heavy atom. The van der Waals surface area contributed by atoms with Crippen molar-refractivity contribution >= 4 is 32.8 Å². The molecule has 1 aliphatic heterocycles. The zero-order valence-electron chi connectivity index (χ0n) is 17.5. The third-order valence-electron chi connectivity index (χ3n) is 5.01. The van der Waals surface area contributed by atoms with E-state index in [2.05, 4.69) is 14.8 Å². The normalized spacial score (nSPS) is 16.7. The molecular weight excluding hydrogens is 490 g/mol. The van der Waals surface area contributed by atoms with Gasteiger partial charge in [-0.15, -0.1) is 0 Å². The lowest BCUT2D eigenvalue weighted by atomic mass is 10.1. The number of anilines is 1. The number of nitrogens with zero attached hydrogens (tertiary/aromatic N) is 2. The van der Waals surface area contributed by atoms with Crippen molar-refractivity contribution in [1.82, 2.24) is 18.3 Å². The van der Waals surface area contributed by atoms with E-state index < -0.39 is 61.8 Å². The first-order valence-electron chi connectivity index (χ1n) is 9.62. The van der Waals surface area contributed by atoms with Crippen molar-refractivity contribution in [2.75, 3.05) is 25.5 Å². The second kappa shape index (κ2) is 9.89. The number of amides is 1. The van der Waals surface area contributed by atoms with Crippen LogP contribution in [0.4, 0.5) is 23.2 Å². The van der Waals surface area contributed by atoms with E-state index in [4.69, 9.17) is 0 Å². The summed E-state index contributed by atoms with van der Waals surface area (Å²) < 4.78 is 98.0. The molecule has 1 fully saturated rings. The molecule has 0 aliphatic carbocycles. The van der Waals surface area contributed by atoms with Gasteiger partial charge < -0.3 is 9.88 Å². The molecule has 1 atom stereocenters. The van der Waals surface area contributed by atoms with E-state index in [9.17, 15) is 30.6 Å². The molecule has 0 spiro atoms. The smallest absolute Gasteiger partial charge is 0.276 e. The number of carbonyl (C=O) groups is 1. The molecule has 1 aromatic heterocycles. The van der Waals surface area contributed by atoms with E-state index in [1.807, 2.05) is 0 Å². The summed E-state index contributed by atoms with van der Waals surface area (Å²) in [6, 6.07) is 0.708. The molecule has 9 nitrogen and oxygen atoms in total. The molecule has 182 valence electrons. The van der Waals surface area contributed by atoms with Crippen molar-refractivity contribution < 1.29 is 35.0 Å². The van der Waals surface area contributed by atoms with E-state index in [0.29, 0.717) is 25.0 Å².